The molecule has 0 heterocycles. The van der Waals surface area contributed by atoms with Gasteiger partial charge < -0.3 is 14.6 Å². The first-order valence-electron chi connectivity index (χ1n) is 7.32. The van der Waals surface area contributed by atoms with Crippen molar-refractivity contribution in [2.45, 2.75) is 13.8 Å². The summed E-state index contributed by atoms with van der Waals surface area (Å²) in [5.74, 6) is 0.672. The fourth-order valence-corrected chi connectivity index (χ4v) is 2.59. The van der Waals surface area contributed by atoms with Crippen LogP contribution in [0.4, 0.5) is 0 Å². The number of aromatic hydroxyl groups is 1. The third-order valence-corrected chi connectivity index (χ3v) is 4.32. The number of ether oxygens (including phenoxy) is 2. The quantitative estimate of drug-likeness (QED) is 0.636. The van der Waals surface area contributed by atoms with Crippen molar-refractivity contribution in [1.82, 2.24) is 0 Å². The first-order chi connectivity index (χ1) is 11.4. The Morgan fingerprint density at radius 1 is 1.12 bits per heavy atom. The molecule has 2 aromatic carbocycles. The molecule has 0 fully saturated rings. The monoisotopic (exact) mass is 346 g/mol. The molecule has 0 aliphatic rings. The second-order valence-corrected chi connectivity index (χ2v) is 5.72. The van der Waals surface area contributed by atoms with Crippen molar-refractivity contribution in [2.75, 3.05) is 14.2 Å². The van der Waals surface area contributed by atoms with E-state index in [1.165, 1.54) is 26.4 Å². The molecule has 0 bridgehead atoms. The van der Waals surface area contributed by atoms with Crippen LogP contribution in [0.5, 0.6) is 17.2 Å². The number of hydrogen-bond acceptors (Lipinski definition) is 4. The van der Waals surface area contributed by atoms with Crippen molar-refractivity contribution in [2.24, 2.45) is 0 Å². The van der Waals surface area contributed by atoms with Gasteiger partial charge in [-0.15, -0.1) is 0 Å². The van der Waals surface area contributed by atoms with Gasteiger partial charge in [0.25, 0.3) is 0 Å². The number of ketones is 1. The van der Waals surface area contributed by atoms with Gasteiger partial charge in [-0.05, 0) is 54.8 Å². The van der Waals surface area contributed by atoms with E-state index in [-0.39, 0.29) is 11.5 Å². The predicted molar refractivity (Wildman–Crippen MR) is 95.5 cm³/mol. The molecule has 4 nitrogen and oxygen atoms in total. The smallest absolute Gasteiger partial charge is 0.189 e. The molecule has 5 heteroatoms. The van der Waals surface area contributed by atoms with E-state index in [1.54, 1.807) is 31.2 Å². The Hall–Kier alpha value is -2.46. The molecule has 0 saturated heterocycles. The zero-order valence-corrected chi connectivity index (χ0v) is 14.8. The van der Waals surface area contributed by atoms with Gasteiger partial charge in [-0.1, -0.05) is 23.7 Å². The number of rotatable bonds is 5. The van der Waals surface area contributed by atoms with Gasteiger partial charge in [0.05, 0.1) is 19.8 Å². The van der Waals surface area contributed by atoms with Crippen LogP contribution >= 0.6 is 11.6 Å². The number of methoxy groups -OCH3 is 2. The van der Waals surface area contributed by atoms with E-state index in [0.29, 0.717) is 27.6 Å². The number of allylic oxidation sites excluding steroid dienone is 1. The average molecular weight is 347 g/mol. The van der Waals surface area contributed by atoms with E-state index in [2.05, 4.69) is 0 Å². The van der Waals surface area contributed by atoms with Crippen molar-refractivity contribution in [3.63, 3.8) is 0 Å². The standard InChI is InChI=1S/C19H19ClO4/c1-11-9-17(24-4)18(12(2)19(11)20)15(22)8-6-13-5-7-14(21)16(10-13)23-3/h5-10,21H,1-4H3/b8-6+. The van der Waals surface area contributed by atoms with Gasteiger partial charge >= 0.3 is 0 Å². The second-order valence-electron chi connectivity index (χ2n) is 5.34. The third-order valence-electron chi connectivity index (χ3n) is 3.74. The molecule has 0 radical (unpaired) electrons. The summed E-state index contributed by atoms with van der Waals surface area (Å²) in [6.07, 6.45) is 3.10. The van der Waals surface area contributed by atoms with Gasteiger partial charge in [0.15, 0.2) is 17.3 Å². The second kappa shape index (κ2) is 7.41. The van der Waals surface area contributed by atoms with E-state index in [4.69, 9.17) is 21.1 Å². The topological polar surface area (TPSA) is 55.8 Å². The molecule has 2 aromatic rings. The highest BCUT2D eigenvalue weighted by molar-refractivity contribution is 6.33. The Kier molecular flexibility index (Phi) is 5.52. The lowest BCUT2D eigenvalue weighted by atomic mass is 9.99. The van der Waals surface area contributed by atoms with Gasteiger partial charge in [0.1, 0.15) is 5.75 Å². The van der Waals surface area contributed by atoms with Gasteiger partial charge in [0.2, 0.25) is 0 Å². The fourth-order valence-electron chi connectivity index (χ4n) is 2.44. The number of phenols is 1. The van der Waals surface area contributed by atoms with Gasteiger partial charge in [-0.3, -0.25) is 4.79 Å². The summed E-state index contributed by atoms with van der Waals surface area (Å²) < 4.78 is 10.4. The number of hydrogen-bond donors (Lipinski definition) is 1. The van der Waals surface area contributed by atoms with E-state index in [1.807, 2.05) is 6.92 Å². The van der Waals surface area contributed by atoms with Crippen LogP contribution in [0.25, 0.3) is 6.08 Å². The molecule has 0 saturated carbocycles. The van der Waals surface area contributed by atoms with Crippen LogP contribution < -0.4 is 9.47 Å². The Bertz CT molecular complexity index is 809. The van der Waals surface area contributed by atoms with E-state index in [0.717, 1.165) is 11.1 Å². The highest BCUT2D eigenvalue weighted by Gasteiger charge is 2.17. The maximum absolute atomic E-state index is 12.6. The van der Waals surface area contributed by atoms with E-state index >= 15 is 0 Å². The summed E-state index contributed by atoms with van der Waals surface area (Å²) in [6, 6.07) is 6.59. The zero-order chi connectivity index (χ0) is 17.9. The Balaban J connectivity index is 2.38. The summed E-state index contributed by atoms with van der Waals surface area (Å²) in [5.41, 5.74) is 2.71. The molecule has 24 heavy (non-hydrogen) atoms. The first-order valence-corrected chi connectivity index (χ1v) is 7.70. The third kappa shape index (κ3) is 3.54. The summed E-state index contributed by atoms with van der Waals surface area (Å²) >= 11 is 6.25. The van der Waals surface area contributed by atoms with Crippen molar-refractivity contribution in [1.29, 1.82) is 0 Å². The molecular formula is C19H19ClO4. The molecule has 0 spiro atoms. The molecule has 2 rings (SSSR count). The lowest BCUT2D eigenvalue weighted by molar-refractivity contribution is 0.104. The lowest BCUT2D eigenvalue weighted by Gasteiger charge is -2.13. The maximum atomic E-state index is 12.6. The van der Waals surface area contributed by atoms with E-state index in [9.17, 15) is 9.90 Å². The van der Waals surface area contributed by atoms with Crippen LogP contribution in [-0.2, 0) is 0 Å². The van der Waals surface area contributed by atoms with E-state index < -0.39 is 0 Å². The predicted octanol–water partition coefficient (Wildman–Crippen LogP) is 4.58. The molecule has 1 N–H and O–H groups in total. The van der Waals surface area contributed by atoms with Crippen LogP contribution in [0, 0.1) is 13.8 Å². The number of benzene rings is 2. The Morgan fingerprint density at radius 2 is 1.79 bits per heavy atom. The summed E-state index contributed by atoms with van der Waals surface area (Å²) in [4.78, 5) is 12.6. The SMILES string of the molecule is COc1cc(/C=C/C(=O)c2c(OC)cc(C)c(Cl)c2C)ccc1O. The lowest BCUT2D eigenvalue weighted by Crippen LogP contribution is -2.04. The summed E-state index contributed by atoms with van der Waals surface area (Å²) in [6.45, 7) is 3.66. The van der Waals surface area contributed by atoms with Gasteiger partial charge in [0, 0.05) is 5.02 Å². The van der Waals surface area contributed by atoms with Crippen LogP contribution in [0.15, 0.2) is 30.3 Å². The number of aryl methyl sites for hydroxylation is 1. The fraction of sp³-hybridized carbons (Fsp3) is 0.211. The molecule has 126 valence electrons. The van der Waals surface area contributed by atoms with Gasteiger partial charge in [-0.2, -0.15) is 0 Å². The number of phenolic OH excluding ortho intramolecular Hbond substituents is 1. The van der Waals surface area contributed by atoms with Crippen molar-refractivity contribution >= 4 is 23.5 Å². The highest BCUT2D eigenvalue weighted by atomic mass is 35.5. The minimum absolute atomic E-state index is 0.0452. The van der Waals surface area contributed by atoms with Gasteiger partial charge in [-0.25, -0.2) is 0 Å². The van der Waals surface area contributed by atoms with Crippen molar-refractivity contribution in [3.05, 3.63) is 57.6 Å². The van der Waals surface area contributed by atoms with Crippen LogP contribution in [0.1, 0.15) is 27.0 Å². The first kappa shape index (κ1) is 17.9. The minimum Gasteiger partial charge on any atom is -0.504 e. The Morgan fingerprint density at radius 3 is 2.42 bits per heavy atom. The molecule has 0 aliphatic heterocycles. The minimum atomic E-state index is -0.210. The average Bonchev–Trinajstić information content (AvgIpc) is 2.58. The normalized spacial score (nSPS) is 10.9. The van der Waals surface area contributed by atoms with Crippen LogP contribution in [-0.4, -0.2) is 25.1 Å². The van der Waals surface area contributed by atoms with Crippen LogP contribution in [0.3, 0.4) is 0 Å². The summed E-state index contributed by atoms with van der Waals surface area (Å²) in [7, 11) is 2.99. The maximum Gasteiger partial charge on any atom is 0.189 e. The highest BCUT2D eigenvalue weighted by Crippen LogP contribution is 2.32. The number of halogens is 1. The molecule has 0 aromatic heterocycles. The van der Waals surface area contributed by atoms with Crippen molar-refractivity contribution in [3.8, 4) is 17.2 Å². The zero-order valence-electron chi connectivity index (χ0n) is 14.0. The Labute approximate surface area is 146 Å². The molecule has 0 unspecified atom stereocenters. The largest absolute Gasteiger partial charge is 0.504 e. The molecule has 0 aliphatic carbocycles. The summed E-state index contributed by atoms with van der Waals surface area (Å²) in [5, 5.41) is 10.2. The molecule has 0 amide bonds. The number of carbonyl (C=O) groups is 1. The van der Waals surface area contributed by atoms with Crippen LogP contribution in [0.2, 0.25) is 5.02 Å². The molecule has 0 atom stereocenters. The molecular weight excluding hydrogens is 328 g/mol. The van der Waals surface area contributed by atoms with Crippen molar-refractivity contribution < 1.29 is 19.4 Å². The number of carbonyl (C=O) groups excluding carboxylic acids is 1.